The van der Waals surface area contributed by atoms with Crippen molar-refractivity contribution in [1.82, 2.24) is 4.90 Å². The van der Waals surface area contributed by atoms with Crippen molar-refractivity contribution in [3.63, 3.8) is 0 Å². The molecule has 29 heavy (non-hydrogen) atoms. The molecule has 0 unspecified atom stereocenters. The van der Waals surface area contributed by atoms with Crippen molar-refractivity contribution in [2.75, 3.05) is 42.9 Å². The highest BCUT2D eigenvalue weighted by atomic mass is 16.4. The Kier molecular flexibility index (Phi) is 5.36. The maximum atomic E-state index is 12.7. The van der Waals surface area contributed by atoms with Gasteiger partial charge >= 0.3 is 5.63 Å². The molecule has 2 aromatic carbocycles. The highest BCUT2D eigenvalue weighted by Gasteiger charge is 2.18. The Morgan fingerprint density at radius 3 is 2.55 bits per heavy atom. The molecule has 0 bridgehead atoms. The largest absolute Gasteiger partial charge is 0.422 e. The first-order chi connectivity index (χ1) is 14.0. The molecule has 1 aromatic heterocycles. The topological polar surface area (TPSA) is 65.8 Å². The minimum atomic E-state index is -0.635. The average molecular weight is 391 g/mol. The first-order valence-corrected chi connectivity index (χ1v) is 9.97. The number of para-hydroxylation sites is 1. The quantitative estimate of drug-likeness (QED) is 0.690. The van der Waals surface area contributed by atoms with E-state index in [1.165, 1.54) is 0 Å². The highest BCUT2D eigenvalue weighted by Crippen LogP contribution is 2.24. The minimum absolute atomic E-state index is 0.00265. The summed E-state index contributed by atoms with van der Waals surface area (Å²) in [6.45, 7) is 9.35. The van der Waals surface area contributed by atoms with Crippen LogP contribution in [0.25, 0.3) is 11.0 Å². The van der Waals surface area contributed by atoms with E-state index in [2.05, 4.69) is 28.1 Å². The van der Waals surface area contributed by atoms with E-state index in [0.717, 1.165) is 49.4 Å². The molecule has 6 nitrogen and oxygen atoms in total. The normalized spacial score (nSPS) is 14.9. The summed E-state index contributed by atoms with van der Waals surface area (Å²) in [6, 6.07) is 14.7. The van der Waals surface area contributed by atoms with Crippen LogP contribution in [0.4, 0.5) is 11.4 Å². The van der Waals surface area contributed by atoms with Gasteiger partial charge in [-0.1, -0.05) is 25.1 Å². The van der Waals surface area contributed by atoms with Crippen LogP contribution in [0.15, 0.2) is 57.7 Å². The van der Waals surface area contributed by atoms with Crippen molar-refractivity contribution >= 4 is 28.3 Å². The van der Waals surface area contributed by atoms with E-state index in [4.69, 9.17) is 4.42 Å². The maximum Gasteiger partial charge on any atom is 0.349 e. The number of anilines is 2. The fourth-order valence-corrected chi connectivity index (χ4v) is 3.72. The first-order valence-electron chi connectivity index (χ1n) is 9.97. The molecular formula is C23H25N3O3. The van der Waals surface area contributed by atoms with Gasteiger partial charge in [-0.3, -0.25) is 4.79 Å². The van der Waals surface area contributed by atoms with Gasteiger partial charge in [0.05, 0.1) is 0 Å². The van der Waals surface area contributed by atoms with Gasteiger partial charge in [-0.2, -0.15) is 0 Å². The summed E-state index contributed by atoms with van der Waals surface area (Å²) in [4.78, 5) is 29.7. The molecule has 2 heterocycles. The lowest BCUT2D eigenvalue weighted by Crippen LogP contribution is -2.46. The van der Waals surface area contributed by atoms with Crippen molar-refractivity contribution in [2.24, 2.45) is 0 Å². The summed E-state index contributed by atoms with van der Waals surface area (Å²) in [5.74, 6) is -0.461. The molecule has 0 radical (unpaired) electrons. The predicted octanol–water partition coefficient (Wildman–Crippen LogP) is 3.50. The fourth-order valence-electron chi connectivity index (χ4n) is 3.72. The molecule has 1 fully saturated rings. The van der Waals surface area contributed by atoms with Gasteiger partial charge in [0.1, 0.15) is 11.1 Å². The molecule has 6 heteroatoms. The lowest BCUT2D eigenvalue weighted by Gasteiger charge is -2.35. The number of aryl methyl sites for hydroxylation is 1. The predicted molar refractivity (Wildman–Crippen MR) is 116 cm³/mol. The Labute approximate surface area is 169 Å². The van der Waals surface area contributed by atoms with Gasteiger partial charge < -0.3 is 19.5 Å². The van der Waals surface area contributed by atoms with Gasteiger partial charge in [-0.05, 0) is 49.4 Å². The SMILES string of the molecule is CCN1CCN(c2ccc(NC(=O)c3cc4ccccc4oc3=O)c(C)c2)CC1. The number of likely N-dealkylation sites (N-methyl/N-ethyl adjacent to an activating group) is 1. The van der Waals surface area contributed by atoms with Gasteiger partial charge in [0.2, 0.25) is 0 Å². The molecule has 1 saturated heterocycles. The zero-order chi connectivity index (χ0) is 20.4. The number of piperazine rings is 1. The number of amides is 1. The second-order valence-electron chi connectivity index (χ2n) is 7.36. The Hall–Kier alpha value is -3.12. The van der Waals surface area contributed by atoms with Gasteiger partial charge in [0.25, 0.3) is 5.91 Å². The molecule has 1 aliphatic rings. The third-order valence-corrected chi connectivity index (χ3v) is 5.53. The van der Waals surface area contributed by atoms with Crippen LogP contribution in [-0.4, -0.2) is 43.5 Å². The van der Waals surface area contributed by atoms with Crippen molar-refractivity contribution in [3.8, 4) is 0 Å². The monoisotopic (exact) mass is 391 g/mol. The van der Waals surface area contributed by atoms with Crippen LogP contribution in [0.5, 0.6) is 0 Å². The molecule has 3 aromatic rings. The number of benzene rings is 2. The third kappa shape index (κ3) is 4.03. The first kappa shape index (κ1) is 19.2. The van der Waals surface area contributed by atoms with Crippen LogP contribution < -0.4 is 15.8 Å². The number of nitrogens with zero attached hydrogens (tertiary/aromatic N) is 2. The van der Waals surface area contributed by atoms with Crippen LogP contribution in [0.2, 0.25) is 0 Å². The van der Waals surface area contributed by atoms with E-state index < -0.39 is 11.5 Å². The van der Waals surface area contributed by atoms with E-state index in [-0.39, 0.29) is 5.56 Å². The van der Waals surface area contributed by atoms with E-state index in [9.17, 15) is 9.59 Å². The highest BCUT2D eigenvalue weighted by molar-refractivity contribution is 6.05. The molecule has 1 aliphatic heterocycles. The molecule has 0 saturated carbocycles. The number of carbonyl (C=O) groups excluding carboxylic acids is 1. The van der Waals surface area contributed by atoms with Crippen LogP contribution >= 0.6 is 0 Å². The van der Waals surface area contributed by atoms with Crippen molar-refractivity contribution in [1.29, 1.82) is 0 Å². The van der Waals surface area contributed by atoms with Gasteiger partial charge in [-0.25, -0.2) is 4.79 Å². The number of hydrogen-bond donors (Lipinski definition) is 1. The molecule has 0 spiro atoms. The van der Waals surface area contributed by atoms with Crippen LogP contribution in [0.3, 0.4) is 0 Å². The minimum Gasteiger partial charge on any atom is -0.422 e. The molecule has 1 N–H and O–H groups in total. The van der Waals surface area contributed by atoms with Gasteiger partial charge in [0, 0.05) is 42.9 Å². The van der Waals surface area contributed by atoms with E-state index >= 15 is 0 Å². The summed E-state index contributed by atoms with van der Waals surface area (Å²) in [7, 11) is 0. The Balaban J connectivity index is 1.52. The Morgan fingerprint density at radius 2 is 1.83 bits per heavy atom. The molecule has 0 aliphatic carbocycles. The summed E-state index contributed by atoms with van der Waals surface area (Å²) in [5, 5.41) is 3.57. The lowest BCUT2D eigenvalue weighted by molar-refractivity contribution is 0.102. The molecule has 150 valence electrons. The Bertz CT molecular complexity index is 1100. The van der Waals surface area contributed by atoms with E-state index in [1.807, 2.05) is 31.2 Å². The molecule has 1 amide bonds. The van der Waals surface area contributed by atoms with Crippen molar-refractivity contribution in [2.45, 2.75) is 13.8 Å². The second-order valence-corrected chi connectivity index (χ2v) is 7.36. The van der Waals surface area contributed by atoms with E-state index in [1.54, 1.807) is 18.2 Å². The van der Waals surface area contributed by atoms with Crippen molar-refractivity contribution < 1.29 is 9.21 Å². The van der Waals surface area contributed by atoms with E-state index in [0.29, 0.717) is 11.3 Å². The van der Waals surface area contributed by atoms with Gasteiger partial charge in [-0.15, -0.1) is 0 Å². The molecule has 0 atom stereocenters. The number of nitrogens with one attached hydrogen (secondary N) is 1. The third-order valence-electron chi connectivity index (χ3n) is 5.53. The number of carbonyl (C=O) groups is 1. The number of hydrogen-bond acceptors (Lipinski definition) is 5. The van der Waals surface area contributed by atoms with Gasteiger partial charge in [0.15, 0.2) is 0 Å². The molecule has 4 rings (SSSR count). The fraction of sp³-hybridized carbons (Fsp3) is 0.304. The standard InChI is InChI=1S/C23H25N3O3/c1-3-25-10-12-26(13-11-25)18-8-9-20(16(2)14-18)24-22(27)19-15-17-6-4-5-7-21(17)29-23(19)28/h4-9,14-15H,3,10-13H2,1-2H3,(H,24,27). The summed E-state index contributed by atoms with van der Waals surface area (Å²) in [6.07, 6.45) is 0. The lowest BCUT2D eigenvalue weighted by atomic mass is 10.1. The second kappa shape index (κ2) is 8.09. The number of rotatable bonds is 4. The maximum absolute atomic E-state index is 12.7. The zero-order valence-corrected chi connectivity index (χ0v) is 16.8. The van der Waals surface area contributed by atoms with Crippen LogP contribution in [0.1, 0.15) is 22.8 Å². The summed E-state index contributed by atoms with van der Waals surface area (Å²) >= 11 is 0. The van der Waals surface area contributed by atoms with Crippen LogP contribution in [0, 0.1) is 6.92 Å². The Morgan fingerprint density at radius 1 is 1.07 bits per heavy atom. The van der Waals surface area contributed by atoms with Crippen molar-refractivity contribution in [3.05, 3.63) is 70.1 Å². The average Bonchev–Trinajstić information content (AvgIpc) is 2.74. The summed E-state index contributed by atoms with van der Waals surface area (Å²) in [5.41, 5.74) is 2.64. The van der Waals surface area contributed by atoms with Crippen LogP contribution in [-0.2, 0) is 0 Å². The smallest absolute Gasteiger partial charge is 0.349 e. The summed E-state index contributed by atoms with van der Waals surface area (Å²) < 4.78 is 5.27. The molecular weight excluding hydrogens is 366 g/mol. The number of fused-ring (bicyclic) bond motifs is 1. The zero-order valence-electron chi connectivity index (χ0n) is 16.8.